The maximum absolute atomic E-state index is 11.8. The van der Waals surface area contributed by atoms with Gasteiger partial charge in [-0.3, -0.25) is 0 Å². The molecule has 0 fully saturated rings. The zero-order valence-electron chi connectivity index (χ0n) is 13.7. The number of carbonyl (C=O) groups excluding carboxylic acids is 1. The highest BCUT2D eigenvalue weighted by Gasteiger charge is 2.10. The van der Waals surface area contributed by atoms with Crippen LogP contribution in [0.2, 0.25) is 10.0 Å². The maximum Gasteiger partial charge on any atom is 0.338 e. The quantitative estimate of drug-likeness (QED) is 0.507. The van der Waals surface area contributed by atoms with Gasteiger partial charge in [0.05, 0.1) is 29.3 Å². The van der Waals surface area contributed by atoms with Crippen LogP contribution in [0.15, 0.2) is 30.3 Å². The number of ether oxygens (including phenoxy) is 2. The Labute approximate surface area is 151 Å². The molecule has 3 nitrogen and oxygen atoms in total. The van der Waals surface area contributed by atoms with Crippen LogP contribution in [0.3, 0.4) is 0 Å². The van der Waals surface area contributed by atoms with Gasteiger partial charge in [0.2, 0.25) is 0 Å². The monoisotopic (exact) mass is 364 g/mol. The predicted molar refractivity (Wildman–Crippen MR) is 99.1 cm³/mol. The average molecular weight is 365 g/mol. The molecule has 0 saturated heterocycles. The molecule has 2 aromatic carbocycles. The van der Waals surface area contributed by atoms with E-state index in [1.54, 1.807) is 26.2 Å². The number of rotatable bonds is 5. The first kappa shape index (κ1) is 18.4. The molecule has 0 spiro atoms. The summed E-state index contributed by atoms with van der Waals surface area (Å²) in [4.78, 5) is 11.8. The highest BCUT2D eigenvalue weighted by molar-refractivity contribution is 6.42. The summed E-state index contributed by atoms with van der Waals surface area (Å²) in [5.74, 6) is 0.223. The van der Waals surface area contributed by atoms with Gasteiger partial charge in [-0.1, -0.05) is 41.4 Å². The van der Waals surface area contributed by atoms with E-state index in [0.29, 0.717) is 28.0 Å². The molecular weight excluding hydrogens is 347 g/mol. The van der Waals surface area contributed by atoms with Crippen molar-refractivity contribution in [3.05, 3.63) is 62.6 Å². The first-order valence-corrected chi connectivity index (χ1v) is 8.20. The zero-order chi connectivity index (χ0) is 17.7. The fourth-order valence-corrected chi connectivity index (χ4v) is 2.60. The van der Waals surface area contributed by atoms with Gasteiger partial charge in [-0.2, -0.15) is 0 Å². The van der Waals surface area contributed by atoms with E-state index < -0.39 is 0 Å². The van der Waals surface area contributed by atoms with Crippen molar-refractivity contribution in [3.63, 3.8) is 0 Å². The highest BCUT2D eigenvalue weighted by atomic mass is 35.5. The Hall–Kier alpha value is -1.97. The number of esters is 1. The van der Waals surface area contributed by atoms with Crippen LogP contribution in [0, 0.1) is 6.92 Å². The highest BCUT2D eigenvalue weighted by Crippen LogP contribution is 2.28. The molecular formula is C19H18Cl2O3. The zero-order valence-corrected chi connectivity index (χ0v) is 15.2. The third-order valence-electron chi connectivity index (χ3n) is 3.50. The lowest BCUT2D eigenvalue weighted by Gasteiger charge is -2.08. The van der Waals surface area contributed by atoms with E-state index in [-0.39, 0.29) is 5.97 Å². The Kier molecular flexibility index (Phi) is 6.29. The van der Waals surface area contributed by atoms with Crippen LogP contribution in [0.4, 0.5) is 0 Å². The molecule has 0 aromatic heterocycles. The first-order chi connectivity index (χ1) is 11.5. The van der Waals surface area contributed by atoms with Gasteiger partial charge in [0, 0.05) is 5.56 Å². The van der Waals surface area contributed by atoms with Crippen molar-refractivity contribution in [1.82, 2.24) is 0 Å². The Balaban J connectivity index is 2.32. The number of halogens is 2. The topological polar surface area (TPSA) is 35.5 Å². The summed E-state index contributed by atoms with van der Waals surface area (Å²) in [5, 5.41) is 1.04. The van der Waals surface area contributed by atoms with Crippen LogP contribution in [0.1, 0.15) is 34.0 Å². The first-order valence-electron chi connectivity index (χ1n) is 7.45. The molecule has 0 radical (unpaired) electrons. The summed E-state index contributed by atoms with van der Waals surface area (Å²) in [6.45, 7) is 4.06. The van der Waals surface area contributed by atoms with E-state index in [0.717, 1.165) is 16.7 Å². The fraction of sp³-hybridized carbons (Fsp3) is 0.211. The van der Waals surface area contributed by atoms with Crippen LogP contribution in [0.5, 0.6) is 5.75 Å². The Morgan fingerprint density at radius 1 is 1.08 bits per heavy atom. The third kappa shape index (κ3) is 4.31. The minimum Gasteiger partial charge on any atom is -0.496 e. The number of benzene rings is 2. The lowest BCUT2D eigenvalue weighted by Crippen LogP contribution is -2.05. The molecule has 0 heterocycles. The molecule has 2 aromatic rings. The Morgan fingerprint density at radius 3 is 2.42 bits per heavy atom. The second-order valence-electron chi connectivity index (χ2n) is 5.13. The summed E-state index contributed by atoms with van der Waals surface area (Å²) in [5.41, 5.74) is 3.27. The van der Waals surface area contributed by atoms with Gasteiger partial charge in [0.1, 0.15) is 5.75 Å². The van der Waals surface area contributed by atoms with Crippen molar-refractivity contribution < 1.29 is 14.3 Å². The van der Waals surface area contributed by atoms with E-state index in [4.69, 9.17) is 32.7 Å². The number of aryl methyl sites for hydroxylation is 1. The molecule has 0 N–H and O–H groups in total. The largest absolute Gasteiger partial charge is 0.496 e. The molecule has 2 rings (SSSR count). The smallest absolute Gasteiger partial charge is 0.338 e. The van der Waals surface area contributed by atoms with Crippen LogP contribution in [0.25, 0.3) is 12.2 Å². The van der Waals surface area contributed by atoms with E-state index in [9.17, 15) is 4.79 Å². The predicted octanol–water partition coefficient (Wildman–Crippen LogP) is 5.66. The van der Waals surface area contributed by atoms with Crippen molar-refractivity contribution in [2.75, 3.05) is 13.7 Å². The van der Waals surface area contributed by atoms with Crippen molar-refractivity contribution in [2.45, 2.75) is 13.8 Å². The molecule has 24 heavy (non-hydrogen) atoms. The van der Waals surface area contributed by atoms with Gasteiger partial charge in [0.15, 0.2) is 0 Å². The number of hydrogen-bond acceptors (Lipinski definition) is 3. The van der Waals surface area contributed by atoms with Gasteiger partial charge in [-0.05, 0) is 49.2 Å². The van der Waals surface area contributed by atoms with Gasteiger partial charge < -0.3 is 9.47 Å². The van der Waals surface area contributed by atoms with Crippen molar-refractivity contribution >= 4 is 41.3 Å². The normalized spacial score (nSPS) is 10.9. The van der Waals surface area contributed by atoms with Gasteiger partial charge in [0.25, 0.3) is 0 Å². The molecule has 0 bridgehead atoms. The van der Waals surface area contributed by atoms with Gasteiger partial charge >= 0.3 is 5.97 Å². The molecule has 0 unspecified atom stereocenters. The lowest BCUT2D eigenvalue weighted by atomic mass is 10.1. The molecule has 0 aliphatic rings. The summed E-state index contributed by atoms with van der Waals surface area (Å²) < 4.78 is 10.4. The minimum absolute atomic E-state index is 0.333. The third-order valence-corrected chi connectivity index (χ3v) is 4.22. The van der Waals surface area contributed by atoms with Gasteiger partial charge in [-0.15, -0.1) is 0 Å². The van der Waals surface area contributed by atoms with E-state index in [1.807, 2.05) is 37.3 Å². The maximum atomic E-state index is 11.8. The molecule has 126 valence electrons. The number of methoxy groups -OCH3 is 1. The van der Waals surface area contributed by atoms with Crippen molar-refractivity contribution in [3.8, 4) is 5.75 Å². The Morgan fingerprint density at radius 2 is 1.75 bits per heavy atom. The summed E-state index contributed by atoms with van der Waals surface area (Å²) in [6.07, 6.45) is 3.83. The summed E-state index contributed by atoms with van der Waals surface area (Å²) >= 11 is 12.1. The number of carbonyl (C=O) groups is 1. The molecule has 0 aliphatic carbocycles. The van der Waals surface area contributed by atoms with Gasteiger partial charge in [-0.25, -0.2) is 4.79 Å². The lowest BCUT2D eigenvalue weighted by molar-refractivity contribution is 0.0526. The van der Waals surface area contributed by atoms with E-state index >= 15 is 0 Å². The second kappa shape index (κ2) is 8.22. The van der Waals surface area contributed by atoms with Crippen molar-refractivity contribution in [2.24, 2.45) is 0 Å². The van der Waals surface area contributed by atoms with Crippen LogP contribution >= 0.6 is 23.2 Å². The molecule has 0 saturated carbocycles. The molecule has 5 heteroatoms. The SMILES string of the molecule is CCOC(=O)c1ccc(/C=C/c2cc(Cl)c(Cl)cc2C)c(OC)c1. The summed E-state index contributed by atoms with van der Waals surface area (Å²) in [6, 6.07) is 8.83. The average Bonchev–Trinajstić information content (AvgIpc) is 2.57. The molecule has 0 atom stereocenters. The standard InChI is InChI=1S/C19H18Cl2O3/c1-4-24-19(22)15-8-6-13(18(11-15)23-3)5-7-14-10-17(21)16(20)9-12(14)2/h5-11H,4H2,1-3H3/b7-5+. The van der Waals surface area contributed by atoms with Crippen LogP contribution in [-0.2, 0) is 4.74 Å². The van der Waals surface area contributed by atoms with Crippen LogP contribution in [-0.4, -0.2) is 19.7 Å². The minimum atomic E-state index is -0.369. The van der Waals surface area contributed by atoms with E-state index in [2.05, 4.69) is 0 Å². The van der Waals surface area contributed by atoms with Crippen LogP contribution < -0.4 is 4.74 Å². The van der Waals surface area contributed by atoms with Crippen molar-refractivity contribution in [1.29, 1.82) is 0 Å². The second-order valence-corrected chi connectivity index (χ2v) is 5.95. The molecule has 0 amide bonds. The summed E-state index contributed by atoms with van der Waals surface area (Å²) in [7, 11) is 1.56. The van der Waals surface area contributed by atoms with E-state index in [1.165, 1.54) is 0 Å². The fourth-order valence-electron chi connectivity index (χ4n) is 2.21. The number of hydrogen-bond donors (Lipinski definition) is 0. The molecule has 0 aliphatic heterocycles. The Bertz CT molecular complexity index is 782.